The highest BCUT2D eigenvalue weighted by molar-refractivity contribution is 5.82. The summed E-state index contributed by atoms with van der Waals surface area (Å²) >= 11 is 0. The number of nitrogens with zero attached hydrogens (tertiary/aromatic N) is 3. The Hall–Kier alpha value is -2.69. The van der Waals surface area contributed by atoms with E-state index in [2.05, 4.69) is 27.6 Å². The number of hydrogen-bond donors (Lipinski definition) is 1. The SMILES string of the molecule is O=C(NCCc1nnc2ccccn12)[C@H]1C[C@@H]1c1ccccc1. The smallest absolute Gasteiger partial charge is 0.223 e. The van der Waals surface area contributed by atoms with Crippen LogP contribution in [0.3, 0.4) is 0 Å². The van der Waals surface area contributed by atoms with E-state index in [9.17, 15) is 4.79 Å². The molecule has 1 aliphatic carbocycles. The fraction of sp³-hybridized carbons (Fsp3) is 0.278. The zero-order valence-corrected chi connectivity index (χ0v) is 12.7. The molecule has 4 rings (SSSR count). The van der Waals surface area contributed by atoms with Gasteiger partial charge in [0, 0.05) is 25.1 Å². The highest BCUT2D eigenvalue weighted by Crippen LogP contribution is 2.47. The fourth-order valence-corrected chi connectivity index (χ4v) is 3.04. The Bertz CT molecular complexity index is 827. The van der Waals surface area contributed by atoms with Gasteiger partial charge in [-0.05, 0) is 30.0 Å². The van der Waals surface area contributed by atoms with E-state index in [0.29, 0.717) is 18.9 Å². The van der Waals surface area contributed by atoms with Crippen molar-refractivity contribution in [1.82, 2.24) is 19.9 Å². The maximum Gasteiger partial charge on any atom is 0.223 e. The molecule has 3 aromatic rings. The van der Waals surface area contributed by atoms with Gasteiger partial charge in [0.05, 0.1) is 0 Å². The highest BCUT2D eigenvalue weighted by Gasteiger charge is 2.43. The molecule has 0 saturated heterocycles. The number of benzene rings is 1. The zero-order valence-electron chi connectivity index (χ0n) is 12.7. The molecule has 1 aliphatic rings. The summed E-state index contributed by atoms with van der Waals surface area (Å²) in [5.74, 6) is 1.52. The maximum absolute atomic E-state index is 12.2. The lowest BCUT2D eigenvalue weighted by Gasteiger charge is -2.04. The number of aromatic nitrogens is 3. The Morgan fingerprint density at radius 1 is 1.13 bits per heavy atom. The van der Waals surface area contributed by atoms with E-state index in [0.717, 1.165) is 17.9 Å². The first-order valence-electron chi connectivity index (χ1n) is 7.94. The maximum atomic E-state index is 12.2. The number of fused-ring (bicyclic) bond motifs is 1. The number of hydrogen-bond acceptors (Lipinski definition) is 3. The van der Waals surface area contributed by atoms with Gasteiger partial charge in [0.1, 0.15) is 5.82 Å². The summed E-state index contributed by atoms with van der Waals surface area (Å²) in [6.45, 7) is 0.590. The Morgan fingerprint density at radius 3 is 2.83 bits per heavy atom. The van der Waals surface area contributed by atoms with Crippen molar-refractivity contribution < 1.29 is 4.79 Å². The van der Waals surface area contributed by atoms with Crippen LogP contribution in [0.1, 0.15) is 23.7 Å². The van der Waals surface area contributed by atoms with Gasteiger partial charge in [0.2, 0.25) is 5.91 Å². The van der Waals surface area contributed by atoms with Gasteiger partial charge in [0.25, 0.3) is 0 Å². The van der Waals surface area contributed by atoms with Crippen LogP contribution in [0, 0.1) is 5.92 Å². The normalized spacial score (nSPS) is 19.7. The summed E-state index contributed by atoms with van der Waals surface area (Å²) < 4.78 is 1.95. The molecule has 0 radical (unpaired) electrons. The number of carbonyl (C=O) groups is 1. The number of pyridine rings is 1. The molecule has 2 aromatic heterocycles. The lowest BCUT2D eigenvalue weighted by atomic mass is 10.1. The predicted octanol–water partition coefficient (Wildman–Crippen LogP) is 2.19. The van der Waals surface area contributed by atoms with Crippen molar-refractivity contribution >= 4 is 11.6 Å². The monoisotopic (exact) mass is 306 g/mol. The Labute approximate surface area is 134 Å². The quantitative estimate of drug-likeness (QED) is 0.786. The van der Waals surface area contributed by atoms with Crippen molar-refractivity contribution in [3.05, 3.63) is 66.1 Å². The van der Waals surface area contributed by atoms with E-state index in [4.69, 9.17) is 0 Å². The summed E-state index contributed by atoms with van der Waals surface area (Å²) in [6, 6.07) is 16.1. The van der Waals surface area contributed by atoms with Crippen LogP contribution in [0.15, 0.2) is 54.7 Å². The fourth-order valence-electron chi connectivity index (χ4n) is 3.04. The molecule has 1 saturated carbocycles. The van der Waals surface area contributed by atoms with Crippen molar-refractivity contribution in [2.24, 2.45) is 5.92 Å². The standard InChI is InChI=1S/C18H18N4O/c23-18(15-12-14(15)13-6-2-1-3-7-13)19-10-9-17-21-20-16-8-4-5-11-22(16)17/h1-8,11,14-15H,9-10,12H2,(H,19,23)/t14-,15+/m1/s1. The van der Waals surface area contributed by atoms with E-state index in [1.54, 1.807) is 0 Å². The number of carbonyl (C=O) groups excluding carboxylic acids is 1. The van der Waals surface area contributed by atoms with Crippen LogP contribution >= 0.6 is 0 Å². The van der Waals surface area contributed by atoms with E-state index < -0.39 is 0 Å². The Morgan fingerprint density at radius 2 is 1.96 bits per heavy atom. The molecule has 2 atom stereocenters. The number of rotatable bonds is 5. The second kappa shape index (κ2) is 5.83. The molecule has 0 aliphatic heterocycles. The molecule has 1 fully saturated rings. The van der Waals surface area contributed by atoms with E-state index in [-0.39, 0.29) is 11.8 Å². The molecule has 116 valence electrons. The summed E-state index contributed by atoms with van der Waals surface area (Å²) in [6.07, 6.45) is 3.57. The molecule has 5 heteroatoms. The molecule has 5 nitrogen and oxygen atoms in total. The minimum Gasteiger partial charge on any atom is -0.355 e. The molecule has 0 unspecified atom stereocenters. The first kappa shape index (κ1) is 13.9. The van der Waals surface area contributed by atoms with Gasteiger partial charge in [-0.2, -0.15) is 0 Å². The number of amides is 1. The molecular formula is C18H18N4O. The summed E-state index contributed by atoms with van der Waals surface area (Å²) in [5.41, 5.74) is 2.09. The summed E-state index contributed by atoms with van der Waals surface area (Å²) in [4.78, 5) is 12.2. The summed E-state index contributed by atoms with van der Waals surface area (Å²) in [7, 11) is 0. The first-order chi connectivity index (χ1) is 11.3. The zero-order chi connectivity index (χ0) is 15.6. The van der Waals surface area contributed by atoms with Gasteiger partial charge in [-0.15, -0.1) is 10.2 Å². The van der Waals surface area contributed by atoms with Crippen molar-refractivity contribution in [1.29, 1.82) is 0 Å². The van der Waals surface area contributed by atoms with E-state index >= 15 is 0 Å². The van der Waals surface area contributed by atoms with E-state index in [1.807, 2.05) is 47.0 Å². The molecule has 2 heterocycles. The van der Waals surface area contributed by atoms with Crippen LogP contribution in [0.5, 0.6) is 0 Å². The molecule has 1 aromatic carbocycles. The Kier molecular flexibility index (Phi) is 3.54. The third-order valence-corrected chi connectivity index (χ3v) is 4.39. The summed E-state index contributed by atoms with van der Waals surface area (Å²) in [5, 5.41) is 11.3. The van der Waals surface area contributed by atoms with E-state index in [1.165, 1.54) is 5.56 Å². The third kappa shape index (κ3) is 2.82. The van der Waals surface area contributed by atoms with Crippen LogP contribution < -0.4 is 5.32 Å². The molecule has 0 spiro atoms. The molecule has 1 amide bonds. The second-order valence-electron chi connectivity index (χ2n) is 5.95. The minimum atomic E-state index is 0.118. The van der Waals surface area contributed by atoms with Crippen molar-refractivity contribution in [3.63, 3.8) is 0 Å². The lowest BCUT2D eigenvalue weighted by Crippen LogP contribution is -2.28. The van der Waals surface area contributed by atoms with Crippen LogP contribution in [0.4, 0.5) is 0 Å². The topological polar surface area (TPSA) is 59.3 Å². The lowest BCUT2D eigenvalue weighted by molar-refractivity contribution is -0.122. The molecular weight excluding hydrogens is 288 g/mol. The molecule has 23 heavy (non-hydrogen) atoms. The van der Waals surface area contributed by atoms with Crippen LogP contribution in [0.25, 0.3) is 5.65 Å². The van der Waals surface area contributed by atoms with Gasteiger partial charge in [-0.1, -0.05) is 36.4 Å². The molecule has 0 bridgehead atoms. The van der Waals surface area contributed by atoms with Crippen molar-refractivity contribution in [2.75, 3.05) is 6.54 Å². The van der Waals surface area contributed by atoms with Crippen molar-refractivity contribution in [3.8, 4) is 0 Å². The van der Waals surface area contributed by atoms with Gasteiger partial charge >= 0.3 is 0 Å². The predicted molar refractivity (Wildman–Crippen MR) is 87.0 cm³/mol. The largest absolute Gasteiger partial charge is 0.355 e. The molecule has 1 N–H and O–H groups in total. The van der Waals surface area contributed by atoms with Gasteiger partial charge < -0.3 is 5.32 Å². The first-order valence-corrected chi connectivity index (χ1v) is 7.94. The third-order valence-electron chi connectivity index (χ3n) is 4.39. The van der Waals surface area contributed by atoms with Gasteiger partial charge in [0.15, 0.2) is 5.65 Å². The Balaban J connectivity index is 1.31. The van der Waals surface area contributed by atoms with Crippen LogP contribution in [-0.2, 0) is 11.2 Å². The van der Waals surface area contributed by atoms with Crippen LogP contribution in [0.2, 0.25) is 0 Å². The van der Waals surface area contributed by atoms with Gasteiger partial charge in [-0.25, -0.2) is 0 Å². The van der Waals surface area contributed by atoms with Crippen LogP contribution in [-0.4, -0.2) is 27.0 Å². The number of nitrogens with one attached hydrogen (secondary N) is 1. The highest BCUT2D eigenvalue weighted by atomic mass is 16.2. The van der Waals surface area contributed by atoms with Gasteiger partial charge in [-0.3, -0.25) is 9.20 Å². The average molecular weight is 306 g/mol. The average Bonchev–Trinajstić information content (AvgIpc) is 3.31. The van der Waals surface area contributed by atoms with Crippen molar-refractivity contribution in [2.45, 2.75) is 18.8 Å². The second-order valence-corrected chi connectivity index (χ2v) is 5.95. The minimum absolute atomic E-state index is 0.118.